The van der Waals surface area contributed by atoms with E-state index in [2.05, 4.69) is 0 Å². The lowest BCUT2D eigenvalue weighted by Crippen LogP contribution is -2.26. The molecular formula is C24H22N2O4. The number of Topliss-reactive ketones (excluding diaryl/α,β-unsaturated/α-hetero) is 1. The van der Waals surface area contributed by atoms with Crippen LogP contribution in [-0.4, -0.2) is 25.8 Å². The summed E-state index contributed by atoms with van der Waals surface area (Å²) in [7, 11) is 0. The number of rotatable bonds is 3. The Balaban J connectivity index is 1.68. The summed E-state index contributed by atoms with van der Waals surface area (Å²) < 4.78 is 8.13. The highest BCUT2D eigenvalue weighted by atomic mass is 16.5. The first kappa shape index (κ1) is 18.5. The van der Waals surface area contributed by atoms with Crippen molar-refractivity contribution in [2.75, 3.05) is 0 Å². The van der Waals surface area contributed by atoms with Crippen LogP contribution in [0.4, 0.5) is 0 Å². The lowest BCUT2D eigenvalue weighted by Gasteiger charge is -2.31. The molecule has 0 bridgehead atoms. The number of carbonyl (C=O) groups excluding carboxylic acids is 1. The van der Waals surface area contributed by atoms with Crippen LogP contribution in [0.3, 0.4) is 0 Å². The van der Waals surface area contributed by atoms with Crippen LogP contribution in [0.25, 0.3) is 0 Å². The monoisotopic (exact) mass is 402 g/mol. The van der Waals surface area contributed by atoms with Gasteiger partial charge in [0, 0.05) is 29.9 Å². The number of hydrogen-bond acceptors (Lipinski definition) is 5. The van der Waals surface area contributed by atoms with Crippen molar-refractivity contribution in [3.8, 4) is 17.4 Å². The van der Waals surface area contributed by atoms with Crippen LogP contribution < -0.4 is 4.74 Å². The van der Waals surface area contributed by atoms with Crippen LogP contribution in [0, 0.1) is 6.92 Å². The van der Waals surface area contributed by atoms with Crippen LogP contribution in [0.15, 0.2) is 59.9 Å². The number of aryl methyl sites for hydroxylation is 1. The van der Waals surface area contributed by atoms with Gasteiger partial charge in [0.15, 0.2) is 17.3 Å². The largest absolute Gasteiger partial charge is 0.504 e. The van der Waals surface area contributed by atoms with E-state index in [9.17, 15) is 15.0 Å². The van der Waals surface area contributed by atoms with Gasteiger partial charge >= 0.3 is 0 Å². The summed E-state index contributed by atoms with van der Waals surface area (Å²) in [5.74, 6) is 0.613. The number of ketones is 1. The molecule has 0 saturated heterocycles. The Kier molecular flexibility index (Phi) is 4.35. The maximum atomic E-state index is 12.9. The minimum absolute atomic E-state index is 0.0645. The number of benzene rings is 2. The van der Waals surface area contributed by atoms with E-state index in [0.717, 1.165) is 28.8 Å². The van der Waals surface area contributed by atoms with E-state index in [1.54, 1.807) is 6.07 Å². The second-order valence-electron chi connectivity index (χ2n) is 7.84. The molecule has 0 spiro atoms. The van der Waals surface area contributed by atoms with Gasteiger partial charge in [-0.3, -0.25) is 4.79 Å². The molecule has 30 heavy (non-hydrogen) atoms. The third-order valence-corrected chi connectivity index (χ3v) is 5.84. The number of ether oxygens (including phenoxy) is 1. The maximum Gasteiger partial charge on any atom is 0.222 e. The molecule has 0 radical (unpaired) electrons. The van der Waals surface area contributed by atoms with Gasteiger partial charge in [-0.05, 0) is 36.6 Å². The van der Waals surface area contributed by atoms with Crippen molar-refractivity contribution in [3.63, 3.8) is 0 Å². The van der Waals surface area contributed by atoms with E-state index in [4.69, 9.17) is 9.84 Å². The molecular weight excluding hydrogens is 380 g/mol. The molecule has 0 saturated carbocycles. The first-order valence-corrected chi connectivity index (χ1v) is 10.1. The minimum Gasteiger partial charge on any atom is -0.504 e. The molecule has 2 N–H and O–H groups in total. The average Bonchev–Trinajstić information content (AvgIpc) is 3.04. The number of hydrogen-bond donors (Lipinski definition) is 2. The molecule has 2 aliphatic rings. The van der Waals surface area contributed by atoms with E-state index in [-0.39, 0.29) is 23.2 Å². The molecule has 6 heteroatoms. The topological polar surface area (TPSA) is 84.6 Å². The van der Waals surface area contributed by atoms with Crippen molar-refractivity contribution >= 4 is 5.78 Å². The number of aromatic nitrogens is 2. The lowest BCUT2D eigenvalue weighted by atomic mass is 9.77. The highest BCUT2D eigenvalue weighted by Crippen LogP contribution is 2.49. The molecule has 0 fully saturated rings. The van der Waals surface area contributed by atoms with Gasteiger partial charge in [-0.2, -0.15) is 5.10 Å². The van der Waals surface area contributed by atoms with E-state index < -0.39 is 0 Å². The SMILES string of the molecule is Cc1nn(Cc2ccccc2)c2c1C(c1ccc(O)c(O)c1)C1=C(CCCC1=O)O2. The van der Waals surface area contributed by atoms with Gasteiger partial charge < -0.3 is 14.9 Å². The Morgan fingerprint density at radius 2 is 1.90 bits per heavy atom. The van der Waals surface area contributed by atoms with E-state index >= 15 is 0 Å². The minimum atomic E-state index is -0.382. The van der Waals surface area contributed by atoms with Gasteiger partial charge in [0.05, 0.1) is 12.2 Å². The number of aromatic hydroxyl groups is 2. The highest BCUT2D eigenvalue weighted by molar-refractivity contribution is 5.99. The lowest BCUT2D eigenvalue weighted by molar-refractivity contribution is -0.116. The molecule has 2 aromatic carbocycles. The Labute approximate surface area is 174 Å². The first-order valence-electron chi connectivity index (χ1n) is 10.1. The Hall–Kier alpha value is -3.54. The van der Waals surface area contributed by atoms with Crippen molar-refractivity contribution in [3.05, 3.63) is 82.2 Å². The van der Waals surface area contributed by atoms with Crippen molar-refractivity contribution in [2.45, 2.75) is 38.6 Å². The Morgan fingerprint density at radius 3 is 2.67 bits per heavy atom. The van der Waals surface area contributed by atoms with Crippen LogP contribution in [-0.2, 0) is 11.3 Å². The molecule has 1 aromatic heterocycles. The average molecular weight is 402 g/mol. The van der Waals surface area contributed by atoms with Gasteiger partial charge in [0.1, 0.15) is 5.76 Å². The second-order valence-corrected chi connectivity index (χ2v) is 7.84. The third-order valence-electron chi connectivity index (χ3n) is 5.84. The number of nitrogens with zero attached hydrogens (tertiary/aromatic N) is 2. The molecule has 152 valence electrons. The number of allylic oxidation sites excluding steroid dienone is 2. The molecule has 0 amide bonds. The molecule has 1 aliphatic carbocycles. The summed E-state index contributed by atoms with van der Waals surface area (Å²) in [4.78, 5) is 12.9. The molecule has 3 aromatic rings. The fourth-order valence-electron chi connectivity index (χ4n) is 4.45. The normalized spacial score (nSPS) is 18.0. The number of carbonyl (C=O) groups is 1. The van der Waals surface area contributed by atoms with E-state index in [1.807, 2.05) is 41.9 Å². The van der Waals surface area contributed by atoms with Gasteiger partial charge in [-0.25, -0.2) is 4.68 Å². The third kappa shape index (κ3) is 2.96. The first-order chi connectivity index (χ1) is 14.5. The maximum absolute atomic E-state index is 12.9. The zero-order chi connectivity index (χ0) is 20.8. The molecule has 6 nitrogen and oxygen atoms in total. The van der Waals surface area contributed by atoms with E-state index in [0.29, 0.717) is 36.6 Å². The summed E-state index contributed by atoms with van der Waals surface area (Å²) in [5.41, 5.74) is 4.10. The van der Waals surface area contributed by atoms with Crippen molar-refractivity contribution in [1.29, 1.82) is 0 Å². The van der Waals surface area contributed by atoms with Gasteiger partial charge in [-0.15, -0.1) is 0 Å². The Bertz CT molecular complexity index is 1180. The summed E-state index contributed by atoms with van der Waals surface area (Å²) >= 11 is 0. The molecule has 1 atom stereocenters. The van der Waals surface area contributed by atoms with Crippen molar-refractivity contribution in [1.82, 2.24) is 9.78 Å². The molecule has 5 rings (SSSR count). The molecule has 2 heterocycles. The predicted octanol–water partition coefficient (Wildman–Crippen LogP) is 4.18. The van der Waals surface area contributed by atoms with Gasteiger partial charge in [0.25, 0.3) is 0 Å². The fourth-order valence-corrected chi connectivity index (χ4v) is 4.45. The van der Waals surface area contributed by atoms with E-state index in [1.165, 1.54) is 12.1 Å². The van der Waals surface area contributed by atoms with Crippen molar-refractivity contribution in [2.24, 2.45) is 0 Å². The van der Waals surface area contributed by atoms with Crippen LogP contribution in [0.2, 0.25) is 0 Å². The summed E-state index contributed by atoms with van der Waals surface area (Å²) in [6.07, 6.45) is 1.93. The van der Waals surface area contributed by atoms with Gasteiger partial charge in [-0.1, -0.05) is 36.4 Å². The molecule has 1 unspecified atom stereocenters. The smallest absolute Gasteiger partial charge is 0.222 e. The predicted molar refractivity (Wildman–Crippen MR) is 111 cm³/mol. The zero-order valence-electron chi connectivity index (χ0n) is 16.6. The van der Waals surface area contributed by atoms with Crippen LogP contribution in [0.1, 0.15) is 47.6 Å². The standard InChI is InChI=1S/C24H22N2O4/c1-14-21-22(16-10-11-17(27)19(29)12-16)23-18(28)8-5-9-20(23)30-24(21)26(25-14)13-15-6-3-2-4-7-15/h2-4,6-7,10-12,22,27,29H,5,8-9,13H2,1H3. The summed E-state index contributed by atoms with van der Waals surface area (Å²) in [5, 5.41) is 24.6. The Morgan fingerprint density at radius 1 is 1.10 bits per heavy atom. The highest BCUT2D eigenvalue weighted by Gasteiger charge is 2.40. The van der Waals surface area contributed by atoms with Crippen LogP contribution in [0.5, 0.6) is 17.4 Å². The number of phenols is 2. The zero-order valence-corrected chi connectivity index (χ0v) is 16.6. The quantitative estimate of drug-likeness (QED) is 0.642. The van der Waals surface area contributed by atoms with Crippen LogP contribution >= 0.6 is 0 Å². The summed E-state index contributed by atoms with van der Waals surface area (Å²) in [6.45, 7) is 2.47. The fraction of sp³-hybridized carbons (Fsp3) is 0.250. The molecule has 1 aliphatic heterocycles. The second kappa shape index (κ2) is 7.06. The van der Waals surface area contributed by atoms with Crippen molar-refractivity contribution < 1.29 is 19.7 Å². The summed E-state index contributed by atoms with van der Waals surface area (Å²) in [6, 6.07) is 14.7. The number of fused-ring (bicyclic) bond motifs is 1. The number of phenolic OH excluding ortho intramolecular Hbond substituents is 2. The van der Waals surface area contributed by atoms with Gasteiger partial charge in [0.2, 0.25) is 5.88 Å².